The maximum atomic E-state index is 10.8. The van der Waals surface area contributed by atoms with Crippen molar-refractivity contribution < 1.29 is 4.21 Å². The van der Waals surface area contributed by atoms with Gasteiger partial charge in [-0.2, -0.15) is 0 Å². The monoisotopic (exact) mass is 219 g/mol. The first kappa shape index (κ1) is 13.4. The van der Waals surface area contributed by atoms with Crippen molar-refractivity contribution in [2.45, 2.75) is 32.7 Å². The lowest BCUT2D eigenvalue weighted by atomic mass is 10.3. The predicted molar refractivity (Wildman–Crippen MR) is 62.9 cm³/mol. The number of rotatable bonds is 6. The van der Waals surface area contributed by atoms with Crippen LogP contribution in [0.1, 0.15) is 26.7 Å². The molecule has 0 aromatic heterocycles. The van der Waals surface area contributed by atoms with E-state index in [1.54, 1.807) is 6.26 Å². The molecule has 0 radical (unpaired) electrons. The van der Waals surface area contributed by atoms with Gasteiger partial charge >= 0.3 is 0 Å². The molecule has 5 heteroatoms. The van der Waals surface area contributed by atoms with Crippen LogP contribution in [0.3, 0.4) is 0 Å². The van der Waals surface area contributed by atoms with Crippen LogP contribution < -0.4 is 11.1 Å². The number of hydrogen-bond acceptors (Lipinski definition) is 2. The second kappa shape index (κ2) is 7.79. The lowest BCUT2D eigenvalue weighted by Gasteiger charge is -2.13. The normalized spacial score (nSPS) is 16.4. The van der Waals surface area contributed by atoms with Gasteiger partial charge in [0.2, 0.25) is 0 Å². The molecule has 0 aliphatic heterocycles. The van der Waals surface area contributed by atoms with E-state index in [-0.39, 0.29) is 6.04 Å². The maximum Gasteiger partial charge on any atom is 0.188 e. The molecule has 14 heavy (non-hydrogen) atoms. The number of aliphatic imine (C=N–C) groups is 1. The molecule has 0 aliphatic carbocycles. The van der Waals surface area contributed by atoms with Gasteiger partial charge in [0.25, 0.3) is 0 Å². The fourth-order valence-corrected chi connectivity index (χ4v) is 1.63. The quantitative estimate of drug-likeness (QED) is 0.504. The fourth-order valence-electron chi connectivity index (χ4n) is 0.945. The second-order valence-corrected chi connectivity index (χ2v) is 4.93. The van der Waals surface area contributed by atoms with E-state index in [4.69, 9.17) is 5.73 Å². The Labute approximate surface area is 88.8 Å². The number of nitrogens with two attached hydrogens (primary N) is 1. The minimum Gasteiger partial charge on any atom is -0.370 e. The van der Waals surface area contributed by atoms with E-state index < -0.39 is 10.8 Å². The molecular weight excluding hydrogens is 198 g/mol. The van der Waals surface area contributed by atoms with Crippen LogP contribution in [0.4, 0.5) is 0 Å². The summed E-state index contributed by atoms with van der Waals surface area (Å²) in [4.78, 5) is 4.12. The Bertz CT molecular complexity index is 206. The highest BCUT2D eigenvalue weighted by Gasteiger charge is 2.03. The average Bonchev–Trinajstić information content (AvgIpc) is 2.11. The number of nitrogens with zero attached hydrogens (tertiary/aromatic N) is 1. The van der Waals surface area contributed by atoms with Gasteiger partial charge in [-0.15, -0.1) is 0 Å². The van der Waals surface area contributed by atoms with Crippen molar-refractivity contribution in [1.82, 2.24) is 5.32 Å². The standard InChI is InChI=1S/C9H21N3OS/c1-4-6-11-9(10)12-8(2)5-7-14(3)13/h8H,4-7H2,1-3H3,(H3,10,11,12). The van der Waals surface area contributed by atoms with Crippen LogP contribution in [0.2, 0.25) is 0 Å². The molecule has 0 heterocycles. The van der Waals surface area contributed by atoms with Crippen molar-refractivity contribution in [1.29, 1.82) is 0 Å². The van der Waals surface area contributed by atoms with Gasteiger partial charge < -0.3 is 11.1 Å². The predicted octanol–water partition coefficient (Wildman–Crippen LogP) is 0.458. The first-order chi connectivity index (χ1) is 6.56. The summed E-state index contributed by atoms with van der Waals surface area (Å²) in [6.45, 7) is 4.83. The van der Waals surface area contributed by atoms with Crippen LogP contribution in [0.15, 0.2) is 4.99 Å². The summed E-state index contributed by atoms with van der Waals surface area (Å²) in [6.07, 6.45) is 3.56. The van der Waals surface area contributed by atoms with Gasteiger partial charge in [0.1, 0.15) is 0 Å². The molecule has 3 N–H and O–H groups in total. The molecule has 0 saturated heterocycles. The molecule has 0 fully saturated rings. The van der Waals surface area contributed by atoms with E-state index in [0.717, 1.165) is 19.4 Å². The summed E-state index contributed by atoms with van der Waals surface area (Å²) in [5.74, 6) is 1.19. The van der Waals surface area contributed by atoms with Crippen LogP contribution in [0.25, 0.3) is 0 Å². The van der Waals surface area contributed by atoms with Gasteiger partial charge in [-0.1, -0.05) is 6.92 Å². The summed E-state index contributed by atoms with van der Waals surface area (Å²) in [7, 11) is -0.727. The van der Waals surface area contributed by atoms with Crippen LogP contribution in [0.5, 0.6) is 0 Å². The molecule has 0 spiro atoms. The third-order valence-corrected chi connectivity index (χ3v) is 2.55. The molecule has 0 saturated carbocycles. The Hall–Kier alpha value is -0.580. The molecule has 2 unspecified atom stereocenters. The number of guanidine groups is 1. The average molecular weight is 219 g/mol. The molecule has 0 aromatic rings. The fraction of sp³-hybridized carbons (Fsp3) is 0.889. The van der Waals surface area contributed by atoms with Gasteiger partial charge in [-0.05, 0) is 19.8 Å². The zero-order valence-corrected chi connectivity index (χ0v) is 10.1. The summed E-state index contributed by atoms with van der Waals surface area (Å²) in [6, 6.07) is 0.236. The van der Waals surface area contributed by atoms with Crippen molar-refractivity contribution in [3.63, 3.8) is 0 Å². The molecular formula is C9H21N3OS. The van der Waals surface area contributed by atoms with E-state index in [2.05, 4.69) is 17.2 Å². The zero-order valence-electron chi connectivity index (χ0n) is 9.25. The molecule has 0 aromatic carbocycles. The molecule has 0 aliphatic rings. The van der Waals surface area contributed by atoms with E-state index >= 15 is 0 Å². The third kappa shape index (κ3) is 8.04. The molecule has 2 atom stereocenters. The van der Waals surface area contributed by atoms with Crippen molar-refractivity contribution in [2.75, 3.05) is 18.6 Å². The van der Waals surface area contributed by atoms with Crippen molar-refractivity contribution >= 4 is 16.8 Å². The number of hydrogen-bond donors (Lipinski definition) is 2. The Morgan fingerprint density at radius 2 is 2.29 bits per heavy atom. The maximum absolute atomic E-state index is 10.8. The molecule has 84 valence electrons. The highest BCUT2D eigenvalue weighted by Crippen LogP contribution is 1.92. The molecule has 0 bridgehead atoms. The van der Waals surface area contributed by atoms with Crippen LogP contribution in [0, 0.1) is 0 Å². The highest BCUT2D eigenvalue weighted by atomic mass is 32.2. The second-order valence-electron chi connectivity index (χ2n) is 3.38. The summed E-state index contributed by atoms with van der Waals surface area (Å²) >= 11 is 0. The zero-order chi connectivity index (χ0) is 11.0. The Kier molecular flexibility index (Phi) is 7.47. The van der Waals surface area contributed by atoms with E-state index in [9.17, 15) is 4.21 Å². The topological polar surface area (TPSA) is 67.5 Å². The van der Waals surface area contributed by atoms with Crippen molar-refractivity contribution in [2.24, 2.45) is 10.7 Å². The first-order valence-corrected chi connectivity index (χ1v) is 6.65. The van der Waals surface area contributed by atoms with E-state index in [1.165, 1.54) is 0 Å². The Morgan fingerprint density at radius 1 is 1.64 bits per heavy atom. The Balaban J connectivity index is 3.70. The summed E-state index contributed by atoms with van der Waals surface area (Å²) in [5, 5.41) is 3.06. The van der Waals surface area contributed by atoms with Crippen LogP contribution in [-0.2, 0) is 10.8 Å². The smallest absolute Gasteiger partial charge is 0.188 e. The largest absolute Gasteiger partial charge is 0.370 e. The highest BCUT2D eigenvalue weighted by molar-refractivity contribution is 7.84. The minimum absolute atomic E-state index is 0.236. The van der Waals surface area contributed by atoms with E-state index in [1.807, 2.05) is 6.92 Å². The summed E-state index contributed by atoms with van der Waals surface area (Å²) in [5.41, 5.74) is 5.63. The van der Waals surface area contributed by atoms with Crippen molar-refractivity contribution in [3.05, 3.63) is 0 Å². The van der Waals surface area contributed by atoms with Gasteiger partial charge in [0, 0.05) is 35.4 Å². The van der Waals surface area contributed by atoms with Gasteiger partial charge in [0.15, 0.2) is 5.96 Å². The van der Waals surface area contributed by atoms with Gasteiger partial charge in [0.05, 0.1) is 0 Å². The van der Waals surface area contributed by atoms with Gasteiger partial charge in [-0.3, -0.25) is 9.20 Å². The minimum atomic E-state index is -0.727. The molecule has 0 amide bonds. The van der Waals surface area contributed by atoms with Crippen LogP contribution in [-0.4, -0.2) is 34.8 Å². The van der Waals surface area contributed by atoms with Gasteiger partial charge in [-0.25, -0.2) is 0 Å². The first-order valence-electron chi connectivity index (χ1n) is 4.92. The molecule has 0 rings (SSSR count). The molecule has 4 nitrogen and oxygen atoms in total. The third-order valence-electron chi connectivity index (χ3n) is 1.74. The lowest BCUT2D eigenvalue weighted by Crippen LogP contribution is -2.39. The number of nitrogens with one attached hydrogen (secondary N) is 1. The summed E-state index contributed by atoms with van der Waals surface area (Å²) < 4.78 is 10.8. The Morgan fingerprint density at radius 3 is 2.79 bits per heavy atom. The lowest BCUT2D eigenvalue weighted by molar-refractivity contribution is 0.630. The van der Waals surface area contributed by atoms with Crippen molar-refractivity contribution in [3.8, 4) is 0 Å². The van der Waals surface area contributed by atoms with Crippen LogP contribution >= 0.6 is 0 Å². The van der Waals surface area contributed by atoms with E-state index in [0.29, 0.717) is 11.7 Å². The SMILES string of the molecule is CCCN=C(N)NC(C)CCS(C)=O.